The number of carboxylic acids is 1. The van der Waals surface area contributed by atoms with Gasteiger partial charge in [-0.25, -0.2) is 9.59 Å². The highest BCUT2D eigenvalue weighted by molar-refractivity contribution is 5.77. The molecule has 0 saturated carbocycles. The second-order valence-corrected chi connectivity index (χ2v) is 1.85. The Bertz CT molecular complexity index is 215. The first kappa shape index (κ1) is 11.2. The van der Waals surface area contributed by atoms with Gasteiger partial charge in [-0.05, 0) is 0 Å². The van der Waals surface area contributed by atoms with Gasteiger partial charge in [-0.2, -0.15) is 0 Å². The number of carboxylic acid groups (broad SMARTS) is 2. The maximum absolute atomic E-state index is 10.5. The molecule has 0 rings (SSSR count). The van der Waals surface area contributed by atoms with Crippen molar-refractivity contribution in [2.75, 3.05) is 13.1 Å². The molecule has 0 aliphatic rings. The molecule has 0 fully saturated rings. The first-order valence-corrected chi connectivity index (χ1v) is 3.13. The minimum absolute atomic E-state index is 0.540. The molecule has 8 heteroatoms. The zero-order chi connectivity index (χ0) is 10.3. The molecule has 0 aromatic heterocycles. The molecule has 0 aliphatic heterocycles. The van der Waals surface area contributed by atoms with Crippen LogP contribution in [0.25, 0.3) is 0 Å². The van der Waals surface area contributed by atoms with Gasteiger partial charge in [0.15, 0.2) is 0 Å². The Kier molecular flexibility index (Phi) is 4.96. The van der Waals surface area contributed by atoms with Crippen molar-refractivity contribution in [3.8, 4) is 0 Å². The summed E-state index contributed by atoms with van der Waals surface area (Å²) in [7, 11) is 0. The number of carbonyl (C=O) groups excluding carboxylic acids is 1. The molecular weight excluding hydrogens is 184 g/mol. The molecule has 8 nitrogen and oxygen atoms in total. The van der Waals surface area contributed by atoms with Crippen LogP contribution in [-0.4, -0.2) is 41.3 Å². The zero-order valence-electron chi connectivity index (χ0n) is 6.44. The Hall–Kier alpha value is -1.83. The monoisotopic (exact) mass is 192 g/mol. The standard InChI is InChI=1S/C5H8N2O6/c8-3(9)1-7-13-4(10)2-6-5(11)12/h6-7H,1-2H2,(H,8,9)(H,11,12). The molecule has 0 aromatic carbocycles. The number of amides is 1. The lowest BCUT2D eigenvalue weighted by Crippen LogP contribution is -2.34. The third-order valence-electron chi connectivity index (χ3n) is 0.793. The van der Waals surface area contributed by atoms with Gasteiger partial charge < -0.3 is 20.4 Å². The smallest absolute Gasteiger partial charge is 0.405 e. The number of aliphatic carboxylic acids is 1. The lowest BCUT2D eigenvalue weighted by atomic mass is 10.6. The molecule has 0 bridgehead atoms. The molecule has 74 valence electrons. The van der Waals surface area contributed by atoms with E-state index in [9.17, 15) is 14.4 Å². The van der Waals surface area contributed by atoms with Crippen molar-refractivity contribution in [3.05, 3.63) is 0 Å². The van der Waals surface area contributed by atoms with E-state index in [0.29, 0.717) is 0 Å². The van der Waals surface area contributed by atoms with Crippen LogP contribution in [0.3, 0.4) is 0 Å². The van der Waals surface area contributed by atoms with Gasteiger partial charge in [-0.15, -0.1) is 5.48 Å². The van der Waals surface area contributed by atoms with Gasteiger partial charge in [0.25, 0.3) is 0 Å². The van der Waals surface area contributed by atoms with Crippen molar-refractivity contribution >= 4 is 18.0 Å². The van der Waals surface area contributed by atoms with Crippen molar-refractivity contribution in [2.24, 2.45) is 0 Å². The van der Waals surface area contributed by atoms with E-state index in [0.717, 1.165) is 0 Å². The predicted molar refractivity (Wildman–Crippen MR) is 37.8 cm³/mol. The highest BCUT2D eigenvalue weighted by atomic mass is 16.7. The van der Waals surface area contributed by atoms with Crippen molar-refractivity contribution in [2.45, 2.75) is 0 Å². The van der Waals surface area contributed by atoms with E-state index < -0.39 is 31.1 Å². The first-order valence-electron chi connectivity index (χ1n) is 3.13. The third-order valence-corrected chi connectivity index (χ3v) is 0.793. The summed E-state index contributed by atoms with van der Waals surface area (Å²) in [4.78, 5) is 34.4. The molecular formula is C5H8N2O6. The summed E-state index contributed by atoms with van der Waals surface area (Å²) in [6, 6.07) is 0. The Labute approximate surface area is 72.4 Å². The van der Waals surface area contributed by atoms with E-state index in [-0.39, 0.29) is 0 Å². The highest BCUT2D eigenvalue weighted by Gasteiger charge is 2.05. The summed E-state index contributed by atoms with van der Waals surface area (Å²) in [5.74, 6) is -2.11. The van der Waals surface area contributed by atoms with E-state index in [1.165, 1.54) is 0 Å². The van der Waals surface area contributed by atoms with E-state index in [1.54, 1.807) is 5.32 Å². The number of nitrogens with one attached hydrogen (secondary N) is 2. The first-order chi connectivity index (χ1) is 6.02. The molecule has 0 radical (unpaired) electrons. The van der Waals surface area contributed by atoms with Gasteiger partial charge in [0.1, 0.15) is 13.1 Å². The third kappa shape index (κ3) is 8.07. The molecule has 0 saturated heterocycles. The van der Waals surface area contributed by atoms with Crippen LogP contribution in [0.1, 0.15) is 0 Å². The average Bonchev–Trinajstić information content (AvgIpc) is 2.00. The van der Waals surface area contributed by atoms with Crippen LogP contribution in [-0.2, 0) is 14.4 Å². The van der Waals surface area contributed by atoms with Crippen molar-refractivity contribution < 1.29 is 29.4 Å². The summed E-state index contributed by atoms with van der Waals surface area (Å²) in [6.45, 7) is -1.08. The minimum atomic E-state index is -1.37. The topological polar surface area (TPSA) is 125 Å². The van der Waals surface area contributed by atoms with Crippen LogP contribution in [0.5, 0.6) is 0 Å². The molecule has 0 atom stereocenters. The predicted octanol–water partition coefficient (Wildman–Crippen LogP) is -1.61. The highest BCUT2D eigenvalue weighted by Crippen LogP contribution is 1.71. The summed E-state index contributed by atoms with van der Waals surface area (Å²) >= 11 is 0. The van der Waals surface area contributed by atoms with E-state index in [1.807, 2.05) is 5.48 Å². The molecule has 0 aromatic rings. The fraction of sp³-hybridized carbons (Fsp3) is 0.400. The summed E-state index contributed by atoms with van der Waals surface area (Å²) in [5, 5.41) is 17.9. The Balaban J connectivity index is 3.41. The van der Waals surface area contributed by atoms with E-state index in [4.69, 9.17) is 10.2 Å². The maximum atomic E-state index is 10.5. The second-order valence-electron chi connectivity index (χ2n) is 1.85. The Morgan fingerprint density at radius 1 is 1.15 bits per heavy atom. The van der Waals surface area contributed by atoms with Gasteiger partial charge in [0.05, 0.1) is 0 Å². The normalized spacial score (nSPS) is 8.92. The van der Waals surface area contributed by atoms with Crippen molar-refractivity contribution in [1.82, 2.24) is 10.8 Å². The summed E-state index contributed by atoms with van der Waals surface area (Å²) in [6.07, 6.45) is -1.37. The number of hydroxylamine groups is 1. The molecule has 4 N–H and O–H groups in total. The van der Waals surface area contributed by atoms with Crippen LogP contribution in [0.2, 0.25) is 0 Å². The van der Waals surface area contributed by atoms with E-state index in [2.05, 4.69) is 4.84 Å². The fourth-order valence-electron chi connectivity index (χ4n) is 0.362. The molecule has 0 spiro atoms. The van der Waals surface area contributed by atoms with Gasteiger partial charge >= 0.3 is 18.0 Å². The minimum Gasteiger partial charge on any atom is -0.480 e. The van der Waals surface area contributed by atoms with Crippen LogP contribution in [0.15, 0.2) is 0 Å². The molecule has 13 heavy (non-hydrogen) atoms. The average molecular weight is 192 g/mol. The summed E-state index contributed by atoms with van der Waals surface area (Å²) in [5.41, 5.74) is 1.83. The number of rotatable bonds is 5. The van der Waals surface area contributed by atoms with Crippen molar-refractivity contribution in [3.63, 3.8) is 0 Å². The summed E-state index contributed by atoms with van der Waals surface area (Å²) < 4.78 is 0. The van der Waals surface area contributed by atoms with Crippen molar-refractivity contribution in [1.29, 1.82) is 0 Å². The van der Waals surface area contributed by atoms with E-state index >= 15 is 0 Å². The zero-order valence-corrected chi connectivity index (χ0v) is 6.44. The molecule has 0 heterocycles. The number of carbonyl (C=O) groups is 3. The second kappa shape index (κ2) is 5.77. The Morgan fingerprint density at radius 3 is 2.23 bits per heavy atom. The lowest BCUT2D eigenvalue weighted by molar-refractivity contribution is -0.152. The molecule has 1 amide bonds. The maximum Gasteiger partial charge on any atom is 0.405 e. The van der Waals surface area contributed by atoms with Gasteiger partial charge in [-0.3, -0.25) is 4.79 Å². The number of hydrogen-bond acceptors (Lipinski definition) is 5. The lowest BCUT2D eigenvalue weighted by Gasteiger charge is -2.02. The van der Waals surface area contributed by atoms with Crippen LogP contribution in [0, 0.1) is 0 Å². The quantitative estimate of drug-likeness (QED) is 0.386. The van der Waals surface area contributed by atoms with Crippen LogP contribution in [0.4, 0.5) is 4.79 Å². The fourth-order valence-corrected chi connectivity index (χ4v) is 0.362. The van der Waals surface area contributed by atoms with Gasteiger partial charge in [0.2, 0.25) is 0 Å². The SMILES string of the molecule is O=C(O)CNOC(=O)CNC(=O)O. The number of hydrogen-bond donors (Lipinski definition) is 4. The van der Waals surface area contributed by atoms with Crippen LogP contribution < -0.4 is 10.8 Å². The van der Waals surface area contributed by atoms with Gasteiger partial charge in [0, 0.05) is 0 Å². The largest absolute Gasteiger partial charge is 0.480 e. The Morgan fingerprint density at radius 2 is 1.77 bits per heavy atom. The molecule has 0 unspecified atom stereocenters. The van der Waals surface area contributed by atoms with Crippen LogP contribution >= 0.6 is 0 Å². The molecule has 0 aliphatic carbocycles. The van der Waals surface area contributed by atoms with Gasteiger partial charge in [-0.1, -0.05) is 0 Å².